The van der Waals surface area contributed by atoms with Crippen molar-refractivity contribution in [1.29, 1.82) is 0 Å². The zero-order valence-corrected chi connectivity index (χ0v) is 24.0. The molecule has 3 amide bonds. The summed E-state index contributed by atoms with van der Waals surface area (Å²) in [6.07, 6.45) is -0.374. The van der Waals surface area contributed by atoms with Crippen molar-refractivity contribution in [2.75, 3.05) is 41.3 Å². The van der Waals surface area contributed by atoms with Crippen LogP contribution in [0.4, 0.5) is 31.4 Å². The van der Waals surface area contributed by atoms with Gasteiger partial charge in [0.25, 0.3) is 5.91 Å². The molecule has 40 heavy (non-hydrogen) atoms. The molecule has 0 saturated carbocycles. The van der Waals surface area contributed by atoms with Gasteiger partial charge in [-0.25, -0.2) is 14.2 Å². The molecule has 0 unspecified atom stereocenters. The molecule has 1 fully saturated rings. The summed E-state index contributed by atoms with van der Waals surface area (Å²) in [6.45, 7) is 11.0. The highest BCUT2D eigenvalue weighted by Gasteiger charge is 2.45. The van der Waals surface area contributed by atoms with Gasteiger partial charge in [0.1, 0.15) is 17.1 Å². The van der Waals surface area contributed by atoms with Gasteiger partial charge in [-0.05, 0) is 64.4 Å². The molecule has 9 nitrogen and oxygen atoms in total. The molecule has 0 bridgehead atoms. The van der Waals surface area contributed by atoms with E-state index in [9.17, 15) is 18.8 Å². The predicted molar refractivity (Wildman–Crippen MR) is 153 cm³/mol. The van der Waals surface area contributed by atoms with E-state index in [-0.39, 0.29) is 17.7 Å². The predicted octanol–water partition coefficient (Wildman–Crippen LogP) is 5.55. The normalized spacial score (nSPS) is 16.6. The number of ether oxygens (including phenoxy) is 1. The summed E-state index contributed by atoms with van der Waals surface area (Å²) in [7, 11) is 0. The Morgan fingerprint density at radius 3 is 2.45 bits per heavy atom. The number of anilines is 4. The van der Waals surface area contributed by atoms with Gasteiger partial charge in [0.05, 0.1) is 22.5 Å². The van der Waals surface area contributed by atoms with Crippen LogP contribution in [0.1, 0.15) is 50.7 Å². The topological polar surface area (TPSA) is 95.1 Å². The van der Waals surface area contributed by atoms with Crippen LogP contribution >= 0.6 is 11.3 Å². The van der Waals surface area contributed by atoms with Crippen LogP contribution in [0.5, 0.6) is 0 Å². The smallest absolute Gasteiger partial charge is 0.410 e. The first-order valence-corrected chi connectivity index (χ1v) is 14.0. The number of halogens is 1. The third kappa shape index (κ3) is 5.25. The van der Waals surface area contributed by atoms with E-state index in [0.29, 0.717) is 42.7 Å². The van der Waals surface area contributed by atoms with E-state index >= 15 is 0 Å². The first-order chi connectivity index (χ1) is 18.8. The molecule has 1 aromatic heterocycles. The minimum atomic E-state index is -0.714. The number of thiazole rings is 1. The molecule has 3 heterocycles. The van der Waals surface area contributed by atoms with Crippen LogP contribution in [0.3, 0.4) is 0 Å². The Kier molecular flexibility index (Phi) is 7.03. The van der Waals surface area contributed by atoms with Crippen LogP contribution < -0.4 is 15.1 Å². The summed E-state index contributed by atoms with van der Waals surface area (Å²) in [5.41, 5.74) is 1.41. The van der Waals surface area contributed by atoms with Crippen LogP contribution in [0.2, 0.25) is 0 Å². The highest BCUT2D eigenvalue weighted by atomic mass is 32.1. The van der Waals surface area contributed by atoms with E-state index in [2.05, 4.69) is 10.3 Å². The fourth-order valence-electron chi connectivity index (χ4n) is 4.89. The van der Waals surface area contributed by atoms with Gasteiger partial charge in [0.2, 0.25) is 5.91 Å². The Labute approximate surface area is 236 Å². The molecule has 0 atom stereocenters. The van der Waals surface area contributed by atoms with Crippen LogP contribution in [0, 0.1) is 5.82 Å². The average Bonchev–Trinajstić information content (AvgIpc) is 3.45. The molecule has 0 spiro atoms. The molecule has 0 aliphatic carbocycles. The summed E-state index contributed by atoms with van der Waals surface area (Å²) in [5.74, 6) is -1.12. The molecule has 2 aliphatic rings. The van der Waals surface area contributed by atoms with Crippen molar-refractivity contribution in [3.8, 4) is 0 Å². The summed E-state index contributed by atoms with van der Waals surface area (Å²) >= 11 is 1.20. The molecule has 0 radical (unpaired) electrons. The summed E-state index contributed by atoms with van der Waals surface area (Å²) in [4.78, 5) is 48.6. The van der Waals surface area contributed by atoms with E-state index in [4.69, 9.17) is 4.74 Å². The second-order valence-electron chi connectivity index (χ2n) is 11.4. The van der Waals surface area contributed by atoms with Gasteiger partial charge in [0.15, 0.2) is 5.13 Å². The highest BCUT2D eigenvalue weighted by molar-refractivity contribution is 7.14. The average molecular weight is 566 g/mol. The van der Waals surface area contributed by atoms with Crippen molar-refractivity contribution in [2.45, 2.75) is 45.6 Å². The van der Waals surface area contributed by atoms with Crippen LogP contribution in [-0.4, -0.2) is 59.6 Å². The Morgan fingerprint density at radius 2 is 1.75 bits per heavy atom. The summed E-state index contributed by atoms with van der Waals surface area (Å²) < 4.78 is 19.7. The SMILES string of the molecule is CC(C)(C)OC(=O)N1CCN(c2ccc(F)cc2NC(=O)c2csc(N3C(=O)C(C)(C)c4ccccc43)n2)CC1. The zero-order valence-electron chi connectivity index (χ0n) is 23.2. The summed E-state index contributed by atoms with van der Waals surface area (Å²) in [6, 6.07) is 11.8. The van der Waals surface area contributed by atoms with Gasteiger partial charge in [-0.2, -0.15) is 0 Å². The van der Waals surface area contributed by atoms with Crippen LogP contribution in [0.15, 0.2) is 47.8 Å². The minimum absolute atomic E-state index is 0.118. The minimum Gasteiger partial charge on any atom is -0.444 e. The van der Waals surface area contributed by atoms with Gasteiger partial charge in [0, 0.05) is 31.6 Å². The molecule has 11 heteroatoms. The third-order valence-corrected chi connectivity index (χ3v) is 7.78. The molecular formula is C29H32FN5O4S. The van der Waals surface area contributed by atoms with Crippen molar-refractivity contribution in [1.82, 2.24) is 9.88 Å². The van der Waals surface area contributed by atoms with Crippen molar-refractivity contribution >= 4 is 51.4 Å². The molecule has 2 aromatic carbocycles. The summed E-state index contributed by atoms with van der Waals surface area (Å²) in [5, 5.41) is 4.78. The number of para-hydroxylation sites is 1. The maximum absolute atomic E-state index is 14.3. The number of benzene rings is 2. The van der Waals surface area contributed by atoms with Gasteiger partial charge < -0.3 is 19.9 Å². The van der Waals surface area contributed by atoms with E-state index in [1.807, 2.05) is 63.8 Å². The Morgan fingerprint density at radius 1 is 1.05 bits per heavy atom. The molecule has 1 N–H and O–H groups in total. The van der Waals surface area contributed by atoms with Gasteiger partial charge in [-0.3, -0.25) is 14.5 Å². The number of rotatable bonds is 4. The van der Waals surface area contributed by atoms with E-state index in [1.165, 1.54) is 23.5 Å². The number of nitrogens with zero attached hydrogens (tertiary/aromatic N) is 4. The second-order valence-corrected chi connectivity index (χ2v) is 12.2. The maximum atomic E-state index is 14.3. The van der Waals surface area contributed by atoms with Crippen molar-refractivity contribution in [3.63, 3.8) is 0 Å². The monoisotopic (exact) mass is 565 g/mol. The Bertz CT molecular complexity index is 1470. The zero-order chi connectivity index (χ0) is 28.8. The number of nitrogens with one attached hydrogen (secondary N) is 1. The van der Waals surface area contributed by atoms with Gasteiger partial charge >= 0.3 is 6.09 Å². The number of piperazine rings is 1. The molecule has 2 aliphatic heterocycles. The molecule has 5 rings (SSSR count). The maximum Gasteiger partial charge on any atom is 0.410 e. The number of carbonyl (C=O) groups is 3. The van der Waals surface area contributed by atoms with E-state index in [0.717, 1.165) is 11.3 Å². The quantitative estimate of drug-likeness (QED) is 0.446. The number of amides is 3. The molecule has 1 saturated heterocycles. The number of fused-ring (bicyclic) bond motifs is 1. The van der Waals surface area contributed by atoms with Crippen molar-refractivity contribution in [3.05, 3.63) is 64.9 Å². The number of hydrogen-bond acceptors (Lipinski definition) is 7. The lowest BCUT2D eigenvalue weighted by Gasteiger charge is -2.37. The molecule has 210 valence electrons. The van der Waals surface area contributed by atoms with Crippen LogP contribution in [0.25, 0.3) is 0 Å². The number of carbonyl (C=O) groups excluding carboxylic acids is 3. The fourth-order valence-corrected chi connectivity index (χ4v) is 5.70. The Balaban J connectivity index is 1.31. The number of hydrogen-bond donors (Lipinski definition) is 1. The fraction of sp³-hybridized carbons (Fsp3) is 0.379. The van der Waals surface area contributed by atoms with E-state index in [1.54, 1.807) is 21.2 Å². The third-order valence-electron chi connectivity index (χ3n) is 6.95. The lowest BCUT2D eigenvalue weighted by Crippen LogP contribution is -2.50. The van der Waals surface area contributed by atoms with Crippen LogP contribution in [-0.2, 0) is 14.9 Å². The lowest BCUT2D eigenvalue weighted by atomic mass is 9.86. The first kappa shape index (κ1) is 27.6. The lowest BCUT2D eigenvalue weighted by molar-refractivity contribution is -0.121. The molecular weight excluding hydrogens is 533 g/mol. The van der Waals surface area contributed by atoms with Crippen molar-refractivity contribution < 1.29 is 23.5 Å². The number of aromatic nitrogens is 1. The second kappa shape index (κ2) is 10.2. The standard InChI is InChI=1S/C29H32FN5O4S/c1-28(2,3)39-27(38)34-14-12-33(13-15-34)23-11-10-18(30)16-20(23)31-24(36)21-17-40-26(32-21)35-22-9-7-6-8-19(22)29(4,5)25(35)37/h6-11,16-17H,12-15H2,1-5H3,(H,31,36). The van der Waals surface area contributed by atoms with Gasteiger partial charge in [-0.1, -0.05) is 18.2 Å². The van der Waals surface area contributed by atoms with Gasteiger partial charge in [-0.15, -0.1) is 11.3 Å². The molecule has 3 aromatic rings. The largest absolute Gasteiger partial charge is 0.444 e. The highest BCUT2D eigenvalue weighted by Crippen LogP contribution is 2.45. The Hall–Kier alpha value is -3.99. The first-order valence-electron chi connectivity index (χ1n) is 13.1. The van der Waals surface area contributed by atoms with Crippen molar-refractivity contribution in [2.24, 2.45) is 0 Å². The van der Waals surface area contributed by atoms with E-state index < -0.39 is 22.7 Å².